The largest absolute Gasteiger partial charge is 0.322 e. The van der Waals surface area contributed by atoms with Gasteiger partial charge in [-0.25, -0.2) is 0 Å². The van der Waals surface area contributed by atoms with Crippen LogP contribution in [0, 0.1) is 0 Å². The van der Waals surface area contributed by atoms with E-state index in [4.69, 9.17) is 5.73 Å². The van der Waals surface area contributed by atoms with E-state index in [1.54, 1.807) is 36.7 Å². The van der Waals surface area contributed by atoms with E-state index >= 15 is 0 Å². The predicted molar refractivity (Wildman–Crippen MR) is 90.3 cm³/mol. The van der Waals surface area contributed by atoms with Crippen LogP contribution in [0.25, 0.3) is 0 Å². The molecular weight excluding hydrogens is 309 g/mol. The average molecular weight is 328 g/mol. The molecule has 0 saturated heterocycles. The normalized spacial score (nSPS) is 10.0. The number of amides is 1. The van der Waals surface area contributed by atoms with Crippen molar-refractivity contribution < 1.29 is 4.79 Å². The Labute approximate surface area is 137 Å². The van der Waals surface area contributed by atoms with Crippen molar-refractivity contribution in [3.8, 4) is 0 Å². The van der Waals surface area contributed by atoms with Crippen molar-refractivity contribution in [2.24, 2.45) is 5.73 Å². The molecule has 0 bridgehead atoms. The number of carbonyl (C=O) groups is 1. The first-order valence-electron chi connectivity index (χ1n) is 6.07. The molecule has 114 valence electrons. The maximum absolute atomic E-state index is 12.0. The summed E-state index contributed by atoms with van der Waals surface area (Å²) >= 11 is 0. The minimum Gasteiger partial charge on any atom is -0.322 e. The van der Waals surface area contributed by atoms with Crippen LogP contribution in [-0.2, 0) is 5.54 Å². The summed E-state index contributed by atoms with van der Waals surface area (Å²) in [7, 11) is 0. The van der Waals surface area contributed by atoms with Crippen molar-refractivity contribution in [2.75, 3.05) is 5.32 Å². The number of anilines is 1. The van der Waals surface area contributed by atoms with Crippen LogP contribution >= 0.6 is 24.8 Å². The number of nitrogens with zero attached hydrogens (tertiary/aromatic N) is 1. The molecule has 0 atom stereocenters. The van der Waals surface area contributed by atoms with Crippen LogP contribution in [-0.4, -0.2) is 10.9 Å². The molecule has 0 spiro atoms. The highest BCUT2D eigenvalue weighted by Crippen LogP contribution is 2.17. The van der Waals surface area contributed by atoms with Gasteiger partial charge in [0, 0.05) is 29.2 Å². The second-order valence-corrected chi connectivity index (χ2v) is 4.99. The van der Waals surface area contributed by atoms with Crippen molar-refractivity contribution in [2.45, 2.75) is 19.4 Å². The first-order valence-corrected chi connectivity index (χ1v) is 6.07. The Morgan fingerprint density at radius 1 is 1.05 bits per heavy atom. The Balaban J connectivity index is 0.00000200. The number of pyridine rings is 1. The van der Waals surface area contributed by atoms with Crippen LogP contribution in [0.2, 0.25) is 0 Å². The fourth-order valence-electron chi connectivity index (χ4n) is 1.69. The van der Waals surface area contributed by atoms with E-state index in [0.29, 0.717) is 5.56 Å². The maximum Gasteiger partial charge on any atom is 0.255 e. The minimum absolute atomic E-state index is 0. The topological polar surface area (TPSA) is 68.0 Å². The molecule has 0 aliphatic carbocycles. The third-order valence-electron chi connectivity index (χ3n) is 2.83. The Morgan fingerprint density at radius 2 is 1.57 bits per heavy atom. The second kappa shape index (κ2) is 7.98. The molecule has 2 rings (SSSR count). The van der Waals surface area contributed by atoms with Crippen LogP contribution in [0.5, 0.6) is 0 Å². The molecule has 0 unspecified atom stereocenters. The van der Waals surface area contributed by atoms with Gasteiger partial charge in [0.05, 0.1) is 0 Å². The smallest absolute Gasteiger partial charge is 0.255 e. The van der Waals surface area contributed by atoms with Crippen LogP contribution in [0.4, 0.5) is 5.69 Å². The van der Waals surface area contributed by atoms with Gasteiger partial charge in [0.2, 0.25) is 0 Å². The van der Waals surface area contributed by atoms with Crippen molar-refractivity contribution in [3.05, 3.63) is 59.9 Å². The number of nitrogens with one attached hydrogen (secondary N) is 1. The summed E-state index contributed by atoms with van der Waals surface area (Å²) in [5.74, 6) is -0.146. The fraction of sp³-hybridized carbons (Fsp3) is 0.200. The zero-order valence-electron chi connectivity index (χ0n) is 11.9. The van der Waals surface area contributed by atoms with Gasteiger partial charge in [-0.15, -0.1) is 24.8 Å². The van der Waals surface area contributed by atoms with E-state index in [1.807, 2.05) is 26.0 Å². The molecule has 0 saturated carbocycles. The van der Waals surface area contributed by atoms with Gasteiger partial charge in [-0.2, -0.15) is 0 Å². The highest BCUT2D eigenvalue weighted by molar-refractivity contribution is 6.04. The Kier molecular flexibility index (Phi) is 7.36. The number of nitrogens with two attached hydrogens (primary N) is 1. The van der Waals surface area contributed by atoms with Crippen molar-refractivity contribution >= 4 is 36.4 Å². The van der Waals surface area contributed by atoms with Crippen molar-refractivity contribution in [3.63, 3.8) is 0 Å². The highest BCUT2D eigenvalue weighted by atomic mass is 35.5. The minimum atomic E-state index is -0.403. The van der Waals surface area contributed by atoms with E-state index in [1.165, 1.54) is 0 Å². The molecule has 1 amide bonds. The van der Waals surface area contributed by atoms with E-state index in [9.17, 15) is 4.79 Å². The number of halogens is 2. The molecule has 1 aromatic heterocycles. The zero-order valence-corrected chi connectivity index (χ0v) is 13.5. The molecule has 2 aromatic rings. The monoisotopic (exact) mass is 327 g/mol. The van der Waals surface area contributed by atoms with E-state index < -0.39 is 5.54 Å². The summed E-state index contributed by atoms with van der Waals surface area (Å²) in [4.78, 5) is 15.9. The molecule has 4 nitrogen and oxygen atoms in total. The number of hydrogen-bond acceptors (Lipinski definition) is 3. The molecule has 0 aliphatic heterocycles. The highest BCUT2D eigenvalue weighted by Gasteiger charge is 2.14. The molecule has 0 radical (unpaired) electrons. The summed E-state index contributed by atoms with van der Waals surface area (Å²) in [5.41, 5.74) is 7.92. The van der Waals surface area contributed by atoms with Gasteiger partial charge in [-0.3, -0.25) is 9.78 Å². The van der Waals surface area contributed by atoms with Gasteiger partial charge in [0.15, 0.2) is 0 Å². The van der Waals surface area contributed by atoms with E-state index in [0.717, 1.165) is 11.3 Å². The van der Waals surface area contributed by atoms with Crippen LogP contribution < -0.4 is 11.1 Å². The van der Waals surface area contributed by atoms with Crippen LogP contribution in [0.15, 0.2) is 48.8 Å². The molecule has 0 aliphatic rings. The van der Waals surface area contributed by atoms with Gasteiger partial charge in [0.1, 0.15) is 0 Å². The molecule has 1 heterocycles. The fourth-order valence-corrected chi connectivity index (χ4v) is 1.69. The van der Waals surface area contributed by atoms with Gasteiger partial charge < -0.3 is 11.1 Å². The molecule has 0 fully saturated rings. The van der Waals surface area contributed by atoms with E-state index in [2.05, 4.69) is 10.3 Å². The Morgan fingerprint density at radius 3 is 2.05 bits per heavy atom. The Hall–Kier alpha value is -1.62. The van der Waals surface area contributed by atoms with Gasteiger partial charge in [-0.05, 0) is 43.7 Å². The first-order chi connectivity index (χ1) is 8.97. The number of aromatic nitrogens is 1. The number of carbonyl (C=O) groups excluding carboxylic acids is 1. The van der Waals surface area contributed by atoms with Crippen molar-refractivity contribution in [1.29, 1.82) is 0 Å². The Bertz CT molecular complexity index is 566. The maximum atomic E-state index is 12.0. The number of hydrogen-bond donors (Lipinski definition) is 2. The van der Waals surface area contributed by atoms with Crippen molar-refractivity contribution in [1.82, 2.24) is 4.98 Å². The lowest BCUT2D eigenvalue weighted by Gasteiger charge is -2.19. The summed E-state index contributed by atoms with van der Waals surface area (Å²) in [6, 6.07) is 10.8. The lowest BCUT2D eigenvalue weighted by molar-refractivity contribution is 0.102. The summed E-state index contributed by atoms with van der Waals surface area (Å²) in [5, 5.41) is 2.81. The SMILES string of the molecule is CC(C)(N)c1ccc(C(=O)Nc2ccncc2)cc1.Cl.Cl. The van der Waals surface area contributed by atoms with Gasteiger partial charge in [-0.1, -0.05) is 12.1 Å². The number of rotatable bonds is 3. The van der Waals surface area contributed by atoms with Gasteiger partial charge >= 0.3 is 0 Å². The molecule has 6 heteroatoms. The van der Waals surface area contributed by atoms with Crippen LogP contribution in [0.3, 0.4) is 0 Å². The third kappa shape index (κ3) is 5.34. The van der Waals surface area contributed by atoms with E-state index in [-0.39, 0.29) is 30.7 Å². The van der Waals surface area contributed by atoms with Gasteiger partial charge in [0.25, 0.3) is 5.91 Å². The number of benzene rings is 1. The van der Waals surface area contributed by atoms with Crippen LogP contribution in [0.1, 0.15) is 29.8 Å². The molecular formula is C15H19Cl2N3O. The second-order valence-electron chi connectivity index (χ2n) is 4.99. The first kappa shape index (κ1) is 19.4. The zero-order chi connectivity index (χ0) is 13.9. The summed E-state index contributed by atoms with van der Waals surface area (Å²) in [6.45, 7) is 3.86. The lowest BCUT2D eigenvalue weighted by Crippen LogP contribution is -2.28. The standard InChI is InChI=1S/C15H17N3O.2ClH/c1-15(2,16)12-5-3-11(4-6-12)14(19)18-13-7-9-17-10-8-13;;/h3-10H,16H2,1-2H3,(H,17,18,19);2*1H. The summed E-state index contributed by atoms with van der Waals surface area (Å²) < 4.78 is 0. The molecule has 3 N–H and O–H groups in total. The molecule has 1 aromatic carbocycles. The predicted octanol–water partition coefficient (Wildman–Crippen LogP) is 3.37. The summed E-state index contributed by atoms with van der Waals surface area (Å²) in [6.07, 6.45) is 3.27. The molecule has 21 heavy (non-hydrogen) atoms. The average Bonchev–Trinajstić information content (AvgIpc) is 2.39. The quantitative estimate of drug-likeness (QED) is 0.908. The lowest BCUT2D eigenvalue weighted by atomic mass is 9.95. The third-order valence-corrected chi connectivity index (χ3v) is 2.83.